The van der Waals surface area contributed by atoms with Gasteiger partial charge in [0.2, 0.25) is 0 Å². The number of fused-ring (bicyclic) bond motifs is 1. The molecule has 0 aliphatic rings. The molecule has 0 fully saturated rings. The first-order valence-electron chi connectivity index (χ1n) is 12.4. The Morgan fingerprint density at radius 3 is 2.23 bits per heavy atom. The van der Waals surface area contributed by atoms with E-state index in [0.29, 0.717) is 45.7 Å². The van der Waals surface area contributed by atoms with Crippen molar-refractivity contribution in [2.24, 2.45) is 0 Å². The Hall–Kier alpha value is -4.25. The van der Waals surface area contributed by atoms with Crippen LogP contribution in [0.2, 0.25) is 0 Å². The maximum Gasteiger partial charge on any atom is 0.255 e. The van der Waals surface area contributed by atoms with Crippen LogP contribution in [0.4, 0.5) is 10.1 Å². The first kappa shape index (κ1) is 27.8. The van der Waals surface area contributed by atoms with Crippen LogP contribution in [0.25, 0.3) is 33.4 Å². The smallest absolute Gasteiger partial charge is 0.255 e. The topological polar surface area (TPSA) is 144 Å². The monoisotopic (exact) mass is 535 g/mol. The zero-order valence-electron chi connectivity index (χ0n) is 21.5. The summed E-state index contributed by atoms with van der Waals surface area (Å²) in [6.45, 7) is 0.570. The Bertz CT molecular complexity index is 1490. The van der Waals surface area contributed by atoms with E-state index in [1.54, 1.807) is 48.5 Å². The SMILES string of the molecule is CCNc1cc2oc(-c3ccc(F)cc3)c(C(=O)NC)c2cc1-c1cccc(C(=O)NC(CO)(CO)CO)c1. The van der Waals surface area contributed by atoms with Gasteiger partial charge in [0.1, 0.15) is 22.7 Å². The summed E-state index contributed by atoms with van der Waals surface area (Å²) in [7, 11) is 1.51. The summed E-state index contributed by atoms with van der Waals surface area (Å²) in [4.78, 5) is 26.0. The van der Waals surface area contributed by atoms with Crippen LogP contribution in [-0.2, 0) is 0 Å². The van der Waals surface area contributed by atoms with Crippen LogP contribution >= 0.6 is 0 Å². The number of hydrogen-bond donors (Lipinski definition) is 6. The number of aliphatic hydroxyl groups is 3. The third-order valence-corrected chi connectivity index (χ3v) is 6.48. The number of halogens is 1. The molecule has 0 atom stereocenters. The summed E-state index contributed by atoms with van der Waals surface area (Å²) in [5.74, 6) is -1.08. The number of nitrogens with one attached hydrogen (secondary N) is 3. The number of furan rings is 1. The third-order valence-electron chi connectivity index (χ3n) is 6.48. The molecule has 6 N–H and O–H groups in total. The van der Waals surface area contributed by atoms with Gasteiger partial charge in [-0.05, 0) is 55.0 Å². The first-order chi connectivity index (χ1) is 18.8. The van der Waals surface area contributed by atoms with E-state index in [1.807, 2.05) is 6.92 Å². The molecule has 0 bridgehead atoms. The lowest BCUT2D eigenvalue weighted by Crippen LogP contribution is -2.57. The molecule has 204 valence electrons. The summed E-state index contributed by atoms with van der Waals surface area (Å²) in [5.41, 5.74) is 1.97. The lowest BCUT2D eigenvalue weighted by Gasteiger charge is -2.28. The zero-order chi connectivity index (χ0) is 28.2. The fourth-order valence-electron chi connectivity index (χ4n) is 4.28. The Balaban J connectivity index is 1.87. The second kappa shape index (κ2) is 11.6. The molecular weight excluding hydrogens is 505 g/mol. The van der Waals surface area contributed by atoms with Crippen LogP contribution in [0.5, 0.6) is 0 Å². The molecule has 4 aromatic rings. The number of amides is 2. The maximum atomic E-state index is 13.6. The van der Waals surface area contributed by atoms with Gasteiger partial charge in [-0.2, -0.15) is 0 Å². The van der Waals surface area contributed by atoms with E-state index in [-0.39, 0.29) is 17.0 Å². The Morgan fingerprint density at radius 1 is 0.923 bits per heavy atom. The number of carbonyl (C=O) groups excluding carboxylic acids is 2. The van der Waals surface area contributed by atoms with E-state index in [1.165, 1.54) is 19.2 Å². The summed E-state index contributed by atoms with van der Waals surface area (Å²) in [6.07, 6.45) is 0. The van der Waals surface area contributed by atoms with Crippen molar-refractivity contribution in [1.29, 1.82) is 0 Å². The molecule has 0 aliphatic heterocycles. The molecular formula is C29H30FN3O6. The highest BCUT2D eigenvalue weighted by atomic mass is 19.1. The average molecular weight is 536 g/mol. The van der Waals surface area contributed by atoms with Gasteiger partial charge in [-0.25, -0.2) is 4.39 Å². The van der Waals surface area contributed by atoms with Crippen molar-refractivity contribution in [3.8, 4) is 22.5 Å². The molecule has 3 aromatic carbocycles. The van der Waals surface area contributed by atoms with Crippen molar-refractivity contribution in [3.63, 3.8) is 0 Å². The van der Waals surface area contributed by atoms with Crippen molar-refractivity contribution in [2.45, 2.75) is 12.5 Å². The quantitative estimate of drug-likeness (QED) is 0.183. The Morgan fingerprint density at radius 2 is 1.62 bits per heavy atom. The Kier molecular flexibility index (Phi) is 8.29. The highest BCUT2D eigenvalue weighted by Gasteiger charge is 2.30. The van der Waals surface area contributed by atoms with Crippen LogP contribution in [0.3, 0.4) is 0 Å². The second-order valence-electron chi connectivity index (χ2n) is 9.11. The number of benzene rings is 3. The van der Waals surface area contributed by atoms with Crippen molar-refractivity contribution in [3.05, 3.63) is 77.6 Å². The predicted molar refractivity (Wildman–Crippen MR) is 146 cm³/mol. The van der Waals surface area contributed by atoms with Gasteiger partial charge in [-0.1, -0.05) is 12.1 Å². The van der Waals surface area contributed by atoms with Crippen molar-refractivity contribution in [2.75, 3.05) is 38.7 Å². The Labute approximate surface area is 224 Å². The van der Waals surface area contributed by atoms with Gasteiger partial charge in [-0.15, -0.1) is 0 Å². The summed E-state index contributed by atoms with van der Waals surface area (Å²) < 4.78 is 19.7. The minimum absolute atomic E-state index is 0.237. The van der Waals surface area contributed by atoms with Crippen molar-refractivity contribution >= 4 is 28.5 Å². The largest absolute Gasteiger partial charge is 0.455 e. The minimum Gasteiger partial charge on any atom is -0.455 e. The van der Waals surface area contributed by atoms with Crippen LogP contribution in [0, 0.1) is 5.82 Å². The molecule has 0 saturated carbocycles. The fraction of sp³-hybridized carbons (Fsp3) is 0.241. The number of carbonyl (C=O) groups is 2. The van der Waals surface area contributed by atoms with Gasteiger partial charge in [0.25, 0.3) is 11.8 Å². The van der Waals surface area contributed by atoms with E-state index >= 15 is 0 Å². The van der Waals surface area contributed by atoms with Gasteiger partial charge in [0, 0.05) is 47.4 Å². The van der Waals surface area contributed by atoms with Gasteiger partial charge in [0.05, 0.1) is 25.4 Å². The van der Waals surface area contributed by atoms with Crippen molar-refractivity contribution < 1.29 is 33.7 Å². The molecule has 2 amide bonds. The molecule has 9 nitrogen and oxygen atoms in total. The highest BCUT2D eigenvalue weighted by molar-refractivity contribution is 6.13. The standard InChI is InChI=1S/C29H30FN3O6/c1-3-32-23-13-24-22(25(28(38)31-2)26(39-24)17-7-9-20(30)10-8-17)12-21(23)18-5-4-6-19(11-18)27(37)33-29(14-34,15-35)16-36/h4-13,32,34-36H,3,14-16H2,1-2H3,(H,31,38)(H,33,37). The maximum absolute atomic E-state index is 13.6. The second-order valence-corrected chi connectivity index (χ2v) is 9.11. The van der Waals surface area contributed by atoms with Crippen molar-refractivity contribution in [1.82, 2.24) is 10.6 Å². The average Bonchev–Trinajstić information content (AvgIpc) is 3.34. The molecule has 1 heterocycles. The van der Waals surface area contributed by atoms with Gasteiger partial charge >= 0.3 is 0 Å². The van der Waals surface area contributed by atoms with Gasteiger partial charge < -0.3 is 35.7 Å². The molecule has 0 unspecified atom stereocenters. The lowest BCUT2D eigenvalue weighted by molar-refractivity contribution is 0.0375. The lowest BCUT2D eigenvalue weighted by atomic mass is 9.96. The van der Waals surface area contributed by atoms with E-state index < -0.39 is 37.1 Å². The molecule has 39 heavy (non-hydrogen) atoms. The van der Waals surface area contributed by atoms with Gasteiger partial charge in [0.15, 0.2) is 0 Å². The molecule has 4 rings (SSSR count). The summed E-state index contributed by atoms with van der Waals surface area (Å²) >= 11 is 0. The third kappa shape index (κ3) is 5.49. The predicted octanol–water partition coefficient (Wildman–Crippen LogP) is 3.14. The summed E-state index contributed by atoms with van der Waals surface area (Å²) in [5, 5.41) is 37.7. The van der Waals surface area contributed by atoms with Crippen LogP contribution in [0.1, 0.15) is 27.6 Å². The van der Waals surface area contributed by atoms with Crippen LogP contribution < -0.4 is 16.0 Å². The van der Waals surface area contributed by atoms with E-state index in [4.69, 9.17) is 4.42 Å². The van der Waals surface area contributed by atoms with Gasteiger partial charge in [-0.3, -0.25) is 9.59 Å². The molecule has 0 aliphatic carbocycles. The molecule has 0 radical (unpaired) electrons. The minimum atomic E-state index is -1.57. The first-order valence-corrected chi connectivity index (χ1v) is 12.4. The normalized spacial score (nSPS) is 11.4. The molecule has 10 heteroatoms. The number of aliphatic hydroxyl groups excluding tert-OH is 3. The molecule has 0 spiro atoms. The number of rotatable bonds is 10. The van der Waals surface area contributed by atoms with E-state index in [9.17, 15) is 29.3 Å². The number of hydrogen-bond acceptors (Lipinski definition) is 7. The molecule has 1 aromatic heterocycles. The fourth-order valence-corrected chi connectivity index (χ4v) is 4.28. The van der Waals surface area contributed by atoms with Crippen LogP contribution in [0.15, 0.2) is 65.1 Å². The molecule has 0 saturated heterocycles. The summed E-state index contributed by atoms with van der Waals surface area (Å²) in [6, 6.07) is 15.9. The zero-order valence-corrected chi connectivity index (χ0v) is 21.5. The highest BCUT2D eigenvalue weighted by Crippen LogP contribution is 2.40. The van der Waals surface area contributed by atoms with E-state index in [0.717, 1.165) is 0 Å². The van der Waals surface area contributed by atoms with Crippen LogP contribution in [-0.4, -0.2) is 66.1 Å². The van der Waals surface area contributed by atoms with E-state index in [2.05, 4.69) is 16.0 Å². The number of anilines is 1.